The van der Waals surface area contributed by atoms with E-state index >= 15 is 0 Å². The molecule has 0 unspecified atom stereocenters. The van der Waals surface area contributed by atoms with Gasteiger partial charge in [-0.05, 0) is 55.2 Å². The minimum Gasteiger partial charge on any atom is -0.344 e. The fourth-order valence-electron chi connectivity index (χ4n) is 4.87. The Labute approximate surface area is 214 Å². The lowest BCUT2D eigenvalue weighted by atomic mass is 9.93. The second-order valence-corrected chi connectivity index (χ2v) is 9.62. The highest BCUT2D eigenvalue weighted by Crippen LogP contribution is 2.43. The van der Waals surface area contributed by atoms with E-state index in [1.165, 1.54) is 24.3 Å². The zero-order valence-electron chi connectivity index (χ0n) is 18.9. The van der Waals surface area contributed by atoms with Gasteiger partial charge in [-0.25, -0.2) is 9.07 Å². The topological polar surface area (TPSA) is 50.2 Å². The fourth-order valence-corrected chi connectivity index (χ4v) is 5.18. The number of benzene rings is 2. The van der Waals surface area contributed by atoms with Gasteiger partial charge in [0.2, 0.25) is 0 Å². The number of carbonyl (C=O) groups excluding carboxylic acids is 1. The number of halogens is 6. The number of nitrogens with one attached hydrogen (secondary N) is 1. The average molecular weight is 539 g/mol. The normalized spacial score (nSPS) is 19.9. The first-order valence-electron chi connectivity index (χ1n) is 11.2. The average Bonchev–Trinajstić information content (AvgIpc) is 3.47. The van der Waals surface area contributed by atoms with Gasteiger partial charge in [0.15, 0.2) is 5.69 Å². The van der Waals surface area contributed by atoms with Crippen LogP contribution >= 0.6 is 23.2 Å². The summed E-state index contributed by atoms with van der Waals surface area (Å²) in [6.07, 6.45) is -3.26. The number of nitrogens with zero attached hydrogens (tertiary/aromatic N) is 3. The number of fused-ring (bicyclic) bond motifs is 1. The molecule has 1 aromatic heterocycles. The summed E-state index contributed by atoms with van der Waals surface area (Å²) in [4.78, 5) is 15.7. The number of allylic oxidation sites excluding steroid dienone is 1. The number of hydrogen-bond donors (Lipinski definition) is 1. The maximum Gasteiger partial charge on any atom is 0.435 e. The van der Waals surface area contributed by atoms with Crippen molar-refractivity contribution < 1.29 is 22.4 Å². The van der Waals surface area contributed by atoms with Gasteiger partial charge in [0, 0.05) is 18.3 Å². The summed E-state index contributed by atoms with van der Waals surface area (Å²) >= 11 is 12.3. The minimum atomic E-state index is -4.67. The van der Waals surface area contributed by atoms with E-state index in [0.717, 1.165) is 22.7 Å². The molecule has 0 saturated carbocycles. The van der Waals surface area contributed by atoms with Gasteiger partial charge in [-0.15, -0.1) is 0 Å². The van der Waals surface area contributed by atoms with Crippen molar-refractivity contribution in [3.63, 3.8) is 0 Å². The van der Waals surface area contributed by atoms with Gasteiger partial charge >= 0.3 is 6.18 Å². The van der Waals surface area contributed by atoms with E-state index in [2.05, 4.69) is 10.4 Å². The molecule has 1 N–H and O–H groups in total. The van der Waals surface area contributed by atoms with Crippen molar-refractivity contribution in [3.05, 3.63) is 92.5 Å². The first kappa shape index (κ1) is 24.6. The van der Waals surface area contributed by atoms with E-state index in [0.29, 0.717) is 24.2 Å². The Morgan fingerprint density at radius 2 is 1.75 bits per heavy atom. The van der Waals surface area contributed by atoms with E-state index in [-0.39, 0.29) is 39.2 Å². The molecule has 5 nitrogen and oxygen atoms in total. The summed E-state index contributed by atoms with van der Waals surface area (Å²) in [5.74, 6) is -0.627. The molecular weight excluding hydrogens is 519 g/mol. The molecule has 3 heterocycles. The standard InChI is InChI=1S/C25H20Cl2F4N4O/c1-13-22(24(36)34-10-2-3-19(34)14-4-7-16(28)8-5-14)23(15-6-9-17(26)18(27)11-15)35-21(32-13)12-20(33-35)25(29,30)31/h4-9,11-12,19,23,32H,2-3,10H2,1H3/t19-,23+/m0/s1. The Hall–Kier alpha value is -3.04. The van der Waals surface area contributed by atoms with Crippen LogP contribution in [0.5, 0.6) is 0 Å². The van der Waals surface area contributed by atoms with Gasteiger partial charge in [0.25, 0.3) is 5.91 Å². The first-order chi connectivity index (χ1) is 17.0. The summed E-state index contributed by atoms with van der Waals surface area (Å²) in [5, 5.41) is 7.21. The molecule has 2 atom stereocenters. The molecule has 5 rings (SSSR count). The van der Waals surface area contributed by atoms with Crippen LogP contribution in [0.2, 0.25) is 10.0 Å². The highest BCUT2D eigenvalue weighted by Gasteiger charge is 2.42. The third-order valence-electron chi connectivity index (χ3n) is 6.52. The van der Waals surface area contributed by atoms with Crippen molar-refractivity contribution in [2.24, 2.45) is 0 Å². The molecule has 0 bridgehead atoms. The molecule has 0 aliphatic carbocycles. The van der Waals surface area contributed by atoms with E-state index in [9.17, 15) is 22.4 Å². The predicted octanol–water partition coefficient (Wildman–Crippen LogP) is 7.00. The summed E-state index contributed by atoms with van der Waals surface area (Å²) in [7, 11) is 0. The van der Waals surface area contributed by atoms with Gasteiger partial charge in [0.05, 0.1) is 21.7 Å². The molecule has 36 heavy (non-hydrogen) atoms. The molecule has 1 amide bonds. The summed E-state index contributed by atoms with van der Waals surface area (Å²) < 4.78 is 55.2. The molecule has 2 aromatic carbocycles. The predicted molar refractivity (Wildman–Crippen MR) is 128 cm³/mol. The quantitative estimate of drug-likeness (QED) is 0.365. The van der Waals surface area contributed by atoms with Crippen LogP contribution in [0.1, 0.15) is 48.7 Å². The van der Waals surface area contributed by atoms with Crippen LogP contribution in [-0.4, -0.2) is 27.1 Å². The number of hydrogen-bond acceptors (Lipinski definition) is 3. The van der Waals surface area contributed by atoms with Crippen molar-refractivity contribution >= 4 is 34.9 Å². The molecule has 2 aliphatic heterocycles. The summed E-state index contributed by atoms with van der Waals surface area (Å²) in [5.41, 5.74) is 0.814. The third kappa shape index (κ3) is 4.35. The van der Waals surface area contributed by atoms with Crippen LogP contribution in [0.3, 0.4) is 0 Å². The zero-order chi connectivity index (χ0) is 25.8. The Kier molecular flexibility index (Phi) is 6.24. The Balaban J connectivity index is 1.61. The van der Waals surface area contributed by atoms with Crippen molar-refractivity contribution in [2.45, 2.75) is 38.0 Å². The molecule has 0 spiro atoms. The van der Waals surface area contributed by atoms with Gasteiger partial charge in [0.1, 0.15) is 17.7 Å². The molecule has 2 aliphatic rings. The Morgan fingerprint density at radius 1 is 1.06 bits per heavy atom. The molecule has 0 radical (unpaired) electrons. The van der Waals surface area contributed by atoms with E-state index in [1.807, 2.05) is 0 Å². The lowest BCUT2D eigenvalue weighted by Gasteiger charge is -2.34. The van der Waals surface area contributed by atoms with Gasteiger partial charge in [-0.2, -0.15) is 18.3 Å². The highest BCUT2D eigenvalue weighted by molar-refractivity contribution is 6.42. The Morgan fingerprint density at radius 3 is 2.42 bits per heavy atom. The summed E-state index contributed by atoms with van der Waals surface area (Å²) in [6.45, 7) is 2.09. The molecule has 1 saturated heterocycles. The molecule has 3 aromatic rings. The molecular formula is C25H20Cl2F4N4O. The summed E-state index contributed by atoms with van der Waals surface area (Å²) in [6, 6.07) is 10.3. The minimum absolute atomic E-state index is 0.101. The first-order valence-corrected chi connectivity index (χ1v) is 12.0. The van der Waals surface area contributed by atoms with Crippen molar-refractivity contribution in [1.82, 2.24) is 14.7 Å². The van der Waals surface area contributed by atoms with Crippen LogP contribution < -0.4 is 5.32 Å². The highest BCUT2D eigenvalue weighted by atomic mass is 35.5. The van der Waals surface area contributed by atoms with Crippen LogP contribution in [0.25, 0.3) is 0 Å². The monoisotopic (exact) mass is 538 g/mol. The largest absolute Gasteiger partial charge is 0.435 e. The molecule has 1 fully saturated rings. The lowest BCUT2D eigenvalue weighted by molar-refractivity contribution is -0.141. The van der Waals surface area contributed by atoms with Gasteiger partial charge < -0.3 is 10.2 Å². The van der Waals surface area contributed by atoms with E-state index in [4.69, 9.17) is 23.2 Å². The second-order valence-electron chi connectivity index (χ2n) is 8.81. The number of anilines is 1. The lowest BCUT2D eigenvalue weighted by Crippen LogP contribution is -2.38. The third-order valence-corrected chi connectivity index (χ3v) is 7.26. The van der Waals surface area contributed by atoms with Crippen LogP contribution in [0, 0.1) is 5.82 Å². The van der Waals surface area contributed by atoms with Crippen LogP contribution in [-0.2, 0) is 11.0 Å². The number of amides is 1. The maximum absolute atomic E-state index is 14.0. The number of aromatic nitrogens is 2. The van der Waals surface area contributed by atoms with Gasteiger partial charge in [-0.1, -0.05) is 41.4 Å². The zero-order valence-corrected chi connectivity index (χ0v) is 20.4. The number of carbonyl (C=O) groups is 1. The molecule has 188 valence electrons. The maximum atomic E-state index is 14.0. The molecule has 11 heteroatoms. The number of alkyl halides is 3. The van der Waals surface area contributed by atoms with Crippen molar-refractivity contribution in [2.75, 3.05) is 11.9 Å². The van der Waals surface area contributed by atoms with Gasteiger partial charge in [-0.3, -0.25) is 4.79 Å². The smallest absolute Gasteiger partial charge is 0.344 e. The van der Waals surface area contributed by atoms with Crippen molar-refractivity contribution in [3.8, 4) is 0 Å². The number of rotatable bonds is 3. The van der Waals surface area contributed by atoms with E-state index in [1.54, 1.807) is 30.0 Å². The second kappa shape index (κ2) is 9.12. The Bertz CT molecular complexity index is 1370. The number of likely N-dealkylation sites (tertiary alicyclic amines) is 1. The fraction of sp³-hybridized carbons (Fsp3) is 0.280. The van der Waals surface area contributed by atoms with Crippen LogP contribution in [0.15, 0.2) is 59.8 Å². The van der Waals surface area contributed by atoms with E-state index < -0.39 is 17.9 Å². The van der Waals surface area contributed by atoms with Crippen molar-refractivity contribution in [1.29, 1.82) is 0 Å². The SMILES string of the molecule is CC1=C(C(=O)N2CCC[C@H]2c2ccc(F)cc2)[C@@H](c2ccc(Cl)c(Cl)c2)n2nc(C(F)(F)F)cc2N1. The van der Waals surface area contributed by atoms with Crippen LogP contribution in [0.4, 0.5) is 23.4 Å².